The summed E-state index contributed by atoms with van der Waals surface area (Å²) in [7, 11) is 0. The van der Waals surface area contributed by atoms with Crippen LogP contribution in [0.1, 0.15) is 11.1 Å². The molecule has 0 aliphatic carbocycles. The van der Waals surface area contributed by atoms with Gasteiger partial charge in [0.15, 0.2) is 0 Å². The standard InChI is InChI=1S/C17H19N3O/c18-15-10-14-8-4-5-9-16(14)20(12-15)17(21)19-11-13-6-2-1-3-7-13/h1-9,15H,10-12,18H2,(H,19,21). The summed E-state index contributed by atoms with van der Waals surface area (Å²) in [6.45, 7) is 1.07. The van der Waals surface area contributed by atoms with Crippen molar-refractivity contribution < 1.29 is 4.79 Å². The lowest BCUT2D eigenvalue weighted by Gasteiger charge is -2.33. The molecule has 0 saturated carbocycles. The quantitative estimate of drug-likeness (QED) is 0.887. The summed E-state index contributed by atoms with van der Waals surface area (Å²) in [5, 5.41) is 2.96. The number of fused-ring (bicyclic) bond motifs is 1. The van der Waals surface area contributed by atoms with Crippen molar-refractivity contribution in [1.29, 1.82) is 0 Å². The number of urea groups is 1. The highest BCUT2D eigenvalue weighted by Crippen LogP contribution is 2.26. The number of nitrogens with two attached hydrogens (primary N) is 1. The van der Waals surface area contributed by atoms with E-state index in [1.807, 2.05) is 54.6 Å². The summed E-state index contributed by atoms with van der Waals surface area (Å²) in [5.74, 6) is 0. The third kappa shape index (κ3) is 3.06. The fourth-order valence-corrected chi connectivity index (χ4v) is 2.69. The number of hydrogen-bond donors (Lipinski definition) is 2. The van der Waals surface area contributed by atoms with Crippen LogP contribution in [0, 0.1) is 0 Å². The van der Waals surface area contributed by atoms with Gasteiger partial charge in [0.25, 0.3) is 0 Å². The maximum atomic E-state index is 12.4. The average molecular weight is 281 g/mol. The van der Waals surface area contributed by atoms with E-state index in [9.17, 15) is 4.79 Å². The molecule has 1 aliphatic rings. The number of nitrogens with zero attached hydrogens (tertiary/aromatic N) is 1. The number of rotatable bonds is 2. The van der Waals surface area contributed by atoms with Crippen molar-refractivity contribution in [3.63, 3.8) is 0 Å². The van der Waals surface area contributed by atoms with Crippen LogP contribution >= 0.6 is 0 Å². The van der Waals surface area contributed by atoms with Crippen molar-refractivity contribution in [1.82, 2.24) is 5.32 Å². The van der Waals surface area contributed by atoms with Crippen LogP contribution in [0.5, 0.6) is 0 Å². The molecule has 1 aliphatic heterocycles. The number of para-hydroxylation sites is 1. The zero-order valence-corrected chi connectivity index (χ0v) is 11.8. The van der Waals surface area contributed by atoms with Crippen LogP contribution in [0.15, 0.2) is 54.6 Å². The highest BCUT2D eigenvalue weighted by Gasteiger charge is 2.26. The molecular formula is C17H19N3O. The predicted octanol–water partition coefficient (Wildman–Crippen LogP) is 2.29. The molecule has 0 saturated heterocycles. The van der Waals surface area contributed by atoms with Gasteiger partial charge in [-0.2, -0.15) is 0 Å². The van der Waals surface area contributed by atoms with Crippen molar-refractivity contribution in [3.8, 4) is 0 Å². The molecule has 2 amide bonds. The van der Waals surface area contributed by atoms with Gasteiger partial charge in [-0.3, -0.25) is 4.90 Å². The Hall–Kier alpha value is -2.33. The normalized spacial score (nSPS) is 17.2. The number of benzene rings is 2. The smallest absolute Gasteiger partial charge is 0.322 e. The fraction of sp³-hybridized carbons (Fsp3) is 0.235. The van der Waals surface area contributed by atoms with Gasteiger partial charge in [-0.05, 0) is 23.6 Å². The second-order valence-electron chi connectivity index (χ2n) is 5.35. The summed E-state index contributed by atoms with van der Waals surface area (Å²) in [4.78, 5) is 14.2. The van der Waals surface area contributed by atoms with Crippen LogP contribution < -0.4 is 16.0 Å². The Morgan fingerprint density at radius 3 is 2.67 bits per heavy atom. The molecule has 0 aromatic heterocycles. The first-order valence-corrected chi connectivity index (χ1v) is 7.17. The number of nitrogens with one attached hydrogen (secondary N) is 1. The summed E-state index contributed by atoms with van der Waals surface area (Å²) in [6.07, 6.45) is 0.818. The Morgan fingerprint density at radius 2 is 1.86 bits per heavy atom. The van der Waals surface area contributed by atoms with Gasteiger partial charge in [-0.25, -0.2) is 4.79 Å². The van der Waals surface area contributed by atoms with Crippen LogP contribution in [0.4, 0.5) is 10.5 Å². The van der Waals surface area contributed by atoms with Gasteiger partial charge >= 0.3 is 6.03 Å². The first-order chi connectivity index (χ1) is 10.2. The molecule has 21 heavy (non-hydrogen) atoms. The van der Waals surface area contributed by atoms with Crippen molar-refractivity contribution in [2.45, 2.75) is 19.0 Å². The molecule has 108 valence electrons. The average Bonchev–Trinajstić information content (AvgIpc) is 2.52. The van der Waals surface area contributed by atoms with E-state index in [1.54, 1.807) is 4.90 Å². The zero-order valence-electron chi connectivity index (χ0n) is 11.8. The monoisotopic (exact) mass is 281 g/mol. The van der Waals surface area contributed by atoms with Gasteiger partial charge in [0.2, 0.25) is 0 Å². The lowest BCUT2D eigenvalue weighted by Crippen LogP contribution is -2.49. The molecule has 2 aromatic rings. The maximum absolute atomic E-state index is 12.4. The first-order valence-electron chi connectivity index (χ1n) is 7.17. The van der Waals surface area contributed by atoms with E-state index in [0.29, 0.717) is 13.1 Å². The molecule has 3 rings (SSSR count). The largest absolute Gasteiger partial charge is 0.334 e. The molecule has 1 atom stereocenters. The lowest BCUT2D eigenvalue weighted by atomic mass is 9.99. The lowest BCUT2D eigenvalue weighted by molar-refractivity contribution is 0.245. The molecule has 2 aromatic carbocycles. The Morgan fingerprint density at radius 1 is 1.14 bits per heavy atom. The van der Waals surface area contributed by atoms with Crippen molar-refractivity contribution in [2.75, 3.05) is 11.4 Å². The minimum Gasteiger partial charge on any atom is -0.334 e. The minimum atomic E-state index is -0.0959. The number of hydrogen-bond acceptors (Lipinski definition) is 2. The van der Waals surface area contributed by atoms with E-state index < -0.39 is 0 Å². The second kappa shape index (κ2) is 5.97. The van der Waals surface area contributed by atoms with Crippen molar-refractivity contribution in [3.05, 3.63) is 65.7 Å². The molecule has 4 nitrogen and oxygen atoms in total. The topological polar surface area (TPSA) is 58.4 Å². The molecule has 1 unspecified atom stereocenters. The van der Waals surface area contributed by atoms with Crippen molar-refractivity contribution >= 4 is 11.7 Å². The maximum Gasteiger partial charge on any atom is 0.322 e. The number of carbonyl (C=O) groups is 1. The molecule has 3 N–H and O–H groups in total. The fourth-order valence-electron chi connectivity index (χ4n) is 2.69. The van der Waals surface area contributed by atoms with Gasteiger partial charge < -0.3 is 11.1 Å². The van der Waals surface area contributed by atoms with E-state index in [-0.39, 0.29) is 12.1 Å². The summed E-state index contributed by atoms with van der Waals surface area (Å²) in [5.41, 5.74) is 9.24. The van der Waals surface area contributed by atoms with Gasteiger partial charge in [0, 0.05) is 24.8 Å². The highest BCUT2D eigenvalue weighted by molar-refractivity contribution is 5.93. The van der Waals surface area contributed by atoms with E-state index in [0.717, 1.165) is 23.2 Å². The summed E-state index contributed by atoms with van der Waals surface area (Å²) < 4.78 is 0. The van der Waals surface area contributed by atoms with Gasteiger partial charge in [-0.15, -0.1) is 0 Å². The predicted molar refractivity (Wildman–Crippen MR) is 84.1 cm³/mol. The minimum absolute atomic E-state index is 0.0117. The Bertz CT molecular complexity index is 627. The van der Waals surface area contributed by atoms with Crippen molar-refractivity contribution in [2.24, 2.45) is 5.73 Å². The summed E-state index contributed by atoms with van der Waals surface area (Å²) >= 11 is 0. The molecule has 4 heteroatoms. The van der Waals surface area contributed by atoms with E-state index >= 15 is 0 Å². The van der Waals surface area contributed by atoms with E-state index in [4.69, 9.17) is 5.73 Å². The molecule has 0 fully saturated rings. The molecule has 0 spiro atoms. The second-order valence-corrected chi connectivity index (χ2v) is 5.35. The molecule has 1 heterocycles. The first kappa shape index (κ1) is 13.6. The van der Waals surface area contributed by atoms with E-state index in [2.05, 4.69) is 5.32 Å². The SMILES string of the molecule is NC1Cc2ccccc2N(C(=O)NCc2ccccc2)C1. The number of anilines is 1. The molecular weight excluding hydrogens is 262 g/mol. The van der Waals surface area contributed by atoms with Gasteiger partial charge in [0.05, 0.1) is 0 Å². The zero-order chi connectivity index (χ0) is 14.7. The van der Waals surface area contributed by atoms with Crippen LogP contribution in [0.3, 0.4) is 0 Å². The Kier molecular flexibility index (Phi) is 3.88. The van der Waals surface area contributed by atoms with Gasteiger partial charge in [0.1, 0.15) is 0 Å². The number of carbonyl (C=O) groups excluding carboxylic acids is 1. The van der Waals surface area contributed by atoms with Crippen LogP contribution in [-0.4, -0.2) is 18.6 Å². The molecule has 0 radical (unpaired) electrons. The van der Waals surface area contributed by atoms with Crippen LogP contribution in [0.2, 0.25) is 0 Å². The van der Waals surface area contributed by atoms with E-state index in [1.165, 1.54) is 0 Å². The Balaban J connectivity index is 1.73. The third-order valence-electron chi connectivity index (χ3n) is 3.71. The van der Waals surface area contributed by atoms with Gasteiger partial charge in [-0.1, -0.05) is 48.5 Å². The third-order valence-corrected chi connectivity index (χ3v) is 3.71. The highest BCUT2D eigenvalue weighted by atomic mass is 16.2. The van der Waals surface area contributed by atoms with Crippen LogP contribution in [-0.2, 0) is 13.0 Å². The Labute approximate surface area is 124 Å². The summed E-state index contributed by atoms with van der Waals surface area (Å²) in [6, 6.07) is 17.7. The van der Waals surface area contributed by atoms with Crippen LogP contribution in [0.25, 0.3) is 0 Å². The molecule has 0 bridgehead atoms. The number of amides is 2.